The minimum atomic E-state index is -0.114. The minimum absolute atomic E-state index is 0.0733. The van der Waals surface area contributed by atoms with Gasteiger partial charge in [0.15, 0.2) is 0 Å². The Bertz CT molecular complexity index is 259. The SMILES string of the molecule is C=CCNC(=O)C(C)NC(CC)C1CCCCC1. The number of hydrogen-bond donors (Lipinski definition) is 2. The molecule has 2 N–H and O–H groups in total. The van der Waals surface area contributed by atoms with Crippen molar-refractivity contribution in [3.05, 3.63) is 12.7 Å². The lowest BCUT2D eigenvalue weighted by Crippen LogP contribution is -2.49. The van der Waals surface area contributed by atoms with E-state index in [2.05, 4.69) is 24.1 Å². The predicted octanol–water partition coefficient (Wildman–Crippen LogP) is 2.63. The van der Waals surface area contributed by atoms with E-state index >= 15 is 0 Å². The van der Waals surface area contributed by atoms with Crippen molar-refractivity contribution in [1.29, 1.82) is 0 Å². The first kappa shape index (κ1) is 15.2. The molecule has 0 spiro atoms. The Morgan fingerprint density at radius 2 is 2.06 bits per heavy atom. The van der Waals surface area contributed by atoms with Crippen molar-refractivity contribution in [2.75, 3.05) is 6.54 Å². The van der Waals surface area contributed by atoms with Crippen LogP contribution in [0.3, 0.4) is 0 Å². The first-order chi connectivity index (χ1) is 8.69. The summed E-state index contributed by atoms with van der Waals surface area (Å²) in [5.41, 5.74) is 0. The second-order valence-electron chi connectivity index (χ2n) is 5.34. The van der Waals surface area contributed by atoms with Crippen molar-refractivity contribution in [3.63, 3.8) is 0 Å². The van der Waals surface area contributed by atoms with Crippen LogP contribution in [0.1, 0.15) is 52.4 Å². The van der Waals surface area contributed by atoms with Crippen LogP contribution in [0.25, 0.3) is 0 Å². The molecule has 1 amide bonds. The van der Waals surface area contributed by atoms with Gasteiger partial charge in [-0.2, -0.15) is 0 Å². The summed E-state index contributed by atoms with van der Waals surface area (Å²) >= 11 is 0. The molecular weight excluding hydrogens is 224 g/mol. The Hall–Kier alpha value is -0.830. The Morgan fingerprint density at radius 3 is 2.61 bits per heavy atom. The highest BCUT2D eigenvalue weighted by Crippen LogP contribution is 2.27. The topological polar surface area (TPSA) is 41.1 Å². The van der Waals surface area contributed by atoms with Gasteiger partial charge in [0.25, 0.3) is 0 Å². The number of hydrogen-bond acceptors (Lipinski definition) is 2. The molecule has 18 heavy (non-hydrogen) atoms. The quantitative estimate of drug-likeness (QED) is 0.684. The van der Waals surface area contributed by atoms with Gasteiger partial charge in [-0.3, -0.25) is 4.79 Å². The molecule has 1 aliphatic carbocycles. The molecular formula is C15H28N2O. The fourth-order valence-electron chi connectivity index (χ4n) is 2.85. The molecule has 0 aliphatic heterocycles. The van der Waals surface area contributed by atoms with Crippen LogP contribution in [0, 0.1) is 5.92 Å². The summed E-state index contributed by atoms with van der Waals surface area (Å²) in [6, 6.07) is 0.367. The fraction of sp³-hybridized carbons (Fsp3) is 0.800. The Morgan fingerprint density at radius 1 is 1.39 bits per heavy atom. The molecule has 3 nitrogen and oxygen atoms in total. The van der Waals surface area contributed by atoms with Crippen LogP contribution in [0.15, 0.2) is 12.7 Å². The summed E-state index contributed by atoms with van der Waals surface area (Å²) in [4.78, 5) is 11.8. The number of amides is 1. The summed E-state index contributed by atoms with van der Waals surface area (Å²) in [6.07, 6.45) is 9.51. The van der Waals surface area contributed by atoms with E-state index in [1.54, 1.807) is 6.08 Å². The zero-order chi connectivity index (χ0) is 13.4. The molecule has 1 rings (SSSR count). The first-order valence-corrected chi connectivity index (χ1v) is 7.33. The number of nitrogens with one attached hydrogen (secondary N) is 2. The third-order valence-electron chi connectivity index (χ3n) is 3.94. The highest BCUT2D eigenvalue weighted by Gasteiger charge is 2.25. The van der Waals surface area contributed by atoms with Crippen LogP contribution < -0.4 is 10.6 Å². The fourth-order valence-corrected chi connectivity index (χ4v) is 2.85. The van der Waals surface area contributed by atoms with Crippen molar-refractivity contribution in [2.45, 2.75) is 64.5 Å². The molecule has 2 atom stereocenters. The number of carbonyl (C=O) groups is 1. The van der Waals surface area contributed by atoms with Crippen LogP contribution in [0.4, 0.5) is 0 Å². The van der Waals surface area contributed by atoms with Crippen LogP contribution in [0.2, 0.25) is 0 Å². The van der Waals surface area contributed by atoms with Crippen molar-refractivity contribution >= 4 is 5.91 Å². The molecule has 104 valence electrons. The van der Waals surface area contributed by atoms with Crippen LogP contribution >= 0.6 is 0 Å². The summed E-state index contributed by atoms with van der Waals surface area (Å²) < 4.78 is 0. The molecule has 1 saturated carbocycles. The number of rotatable bonds is 7. The zero-order valence-electron chi connectivity index (χ0n) is 11.9. The second kappa shape index (κ2) is 8.30. The Kier molecular flexibility index (Phi) is 7.02. The van der Waals surface area contributed by atoms with E-state index in [0.717, 1.165) is 12.3 Å². The van der Waals surface area contributed by atoms with E-state index in [9.17, 15) is 4.79 Å². The van der Waals surface area contributed by atoms with Gasteiger partial charge in [0.1, 0.15) is 0 Å². The van der Waals surface area contributed by atoms with Crippen LogP contribution in [-0.4, -0.2) is 24.5 Å². The molecule has 2 unspecified atom stereocenters. The molecule has 0 bridgehead atoms. The molecule has 0 saturated heterocycles. The van der Waals surface area contributed by atoms with Crippen LogP contribution in [-0.2, 0) is 4.79 Å². The Labute approximate surface area is 111 Å². The summed E-state index contributed by atoms with van der Waals surface area (Å²) in [5.74, 6) is 0.822. The van der Waals surface area contributed by atoms with Gasteiger partial charge >= 0.3 is 0 Å². The highest BCUT2D eigenvalue weighted by atomic mass is 16.2. The van der Waals surface area contributed by atoms with E-state index in [1.165, 1.54) is 32.1 Å². The molecule has 1 aliphatic rings. The van der Waals surface area contributed by atoms with Crippen molar-refractivity contribution in [3.8, 4) is 0 Å². The lowest BCUT2D eigenvalue weighted by molar-refractivity contribution is -0.122. The highest BCUT2D eigenvalue weighted by molar-refractivity contribution is 5.81. The van der Waals surface area contributed by atoms with Gasteiger partial charge < -0.3 is 10.6 Å². The van der Waals surface area contributed by atoms with Gasteiger partial charge in [-0.25, -0.2) is 0 Å². The first-order valence-electron chi connectivity index (χ1n) is 7.33. The van der Waals surface area contributed by atoms with Crippen molar-refractivity contribution < 1.29 is 4.79 Å². The molecule has 0 aromatic heterocycles. The number of carbonyl (C=O) groups excluding carboxylic acids is 1. The lowest BCUT2D eigenvalue weighted by Gasteiger charge is -2.32. The van der Waals surface area contributed by atoms with E-state index in [0.29, 0.717) is 12.6 Å². The predicted molar refractivity (Wildman–Crippen MR) is 76.5 cm³/mol. The van der Waals surface area contributed by atoms with Gasteiger partial charge in [-0.1, -0.05) is 32.3 Å². The van der Waals surface area contributed by atoms with Gasteiger partial charge in [-0.15, -0.1) is 6.58 Å². The monoisotopic (exact) mass is 252 g/mol. The van der Waals surface area contributed by atoms with Gasteiger partial charge in [-0.05, 0) is 32.1 Å². The summed E-state index contributed by atoms with van der Waals surface area (Å²) in [7, 11) is 0. The minimum Gasteiger partial charge on any atom is -0.351 e. The van der Waals surface area contributed by atoms with E-state index in [1.807, 2.05) is 6.92 Å². The van der Waals surface area contributed by atoms with E-state index in [4.69, 9.17) is 0 Å². The van der Waals surface area contributed by atoms with E-state index in [-0.39, 0.29) is 11.9 Å². The molecule has 0 heterocycles. The zero-order valence-corrected chi connectivity index (χ0v) is 11.9. The average molecular weight is 252 g/mol. The van der Waals surface area contributed by atoms with Gasteiger partial charge in [0.2, 0.25) is 5.91 Å². The average Bonchev–Trinajstić information content (AvgIpc) is 2.42. The molecule has 0 aromatic carbocycles. The Balaban J connectivity index is 2.40. The van der Waals surface area contributed by atoms with E-state index < -0.39 is 0 Å². The maximum absolute atomic E-state index is 11.8. The summed E-state index contributed by atoms with van der Waals surface area (Å²) in [6.45, 7) is 8.31. The summed E-state index contributed by atoms with van der Waals surface area (Å²) in [5, 5.41) is 6.34. The third kappa shape index (κ3) is 4.81. The molecule has 3 heteroatoms. The van der Waals surface area contributed by atoms with Crippen molar-refractivity contribution in [2.24, 2.45) is 5.92 Å². The third-order valence-corrected chi connectivity index (χ3v) is 3.94. The normalized spacial score (nSPS) is 20.1. The van der Waals surface area contributed by atoms with Gasteiger partial charge in [0.05, 0.1) is 6.04 Å². The largest absolute Gasteiger partial charge is 0.351 e. The molecule has 1 fully saturated rings. The van der Waals surface area contributed by atoms with Crippen LogP contribution in [0.5, 0.6) is 0 Å². The smallest absolute Gasteiger partial charge is 0.237 e. The maximum Gasteiger partial charge on any atom is 0.237 e. The second-order valence-corrected chi connectivity index (χ2v) is 5.34. The molecule has 0 radical (unpaired) electrons. The van der Waals surface area contributed by atoms with Gasteiger partial charge in [0, 0.05) is 12.6 Å². The van der Waals surface area contributed by atoms with Crippen molar-refractivity contribution in [1.82, 2.24) is 10.6 Å². The maximum atomic E-state index is 11.8. The molecule has 0 aromatic rings. The standard InChI is InChI=1S/C15H28N2O/c1-4-11-16-15(18)12(3)17-14(5-2)13-9-7-6-8-10-13/h4,12-14,17H,1,5-11H2,2-3H3,(H,16,18). The lowest BCUT2D eigenvalue weighted by atomic mass is 9.82.